The van der Waals surface area contributed by atoms with Crippen molar-refractivity contribution >= 4 is 12.0 Å². The van der Waals surface area contributed by atoms with Gasteiger partial charge in [-0.3, -0.25) is 4.79 Å². The van der Waals surface area contributed by atoms with Gasteiger partial charge in [0.1, 0.15) is 5.41 Å². The highest BCUT2D eigenvalue weighted by molar-refractivity contribution is 5.79. The molecule has 1 saturated carbocycles. The second-order valence-electron chi connectivity index (χ2n) is 5.99. The van der Waals surface area contributed by atoms with E-state index in [-0.39, 0.29) is 25.3 Å². The highest BCUT2D eigenvalue weighted by Gasteiger charge is 2.47. The average molecular weight is 270 g/mol. The molecule has 0 aromatic rings. The van der Waals surface area contributed by atoms with Crippen molar-refractivity contribution in [2.45, 2.75) is 45.2 Å². The van der Waals surface area contributed by atoms with E-state index < -0.39 is 17.4 Å². The van der Waals surface area contributed by atoms with Crippen LogP contribution in [-0.2, 0) is 9.53 Å². The Morgan fingerprint density at radius 3 is 2.74 bits per heavy atom. The van der Waals surface area contributed by atoms with Gasteiger partial charge < -0.3 is 20.5 Å². The lowest BCUT2D eigenvalue weighted by Crippen LogP contribution is -2.53. The smallest absolute Gasteiger partial charge is 0.315 e. The quantitative estimate of drug-likeness (QED) is 0.694. The number of rotatable bonds is 5. The van der Waals surface area contributed by atoms with Crippen molar-refractivity contribution < 1.29 is 19.4 Å². The first-order valence-corrected chi connectivity index (χ1v) is 6.80. The first-order chi connectivity index (χ1) is 8.91. The predicted molar refractivity (Wildman–Crippen MR) is 68.8 cm³/mol. The average Bonchev–Trinajstić information content (AvgIpc) is 3.03. The first-order valence-electron chi connectivity index (χ1n) is 6.80. The maximum Gasteiger partial charge on any atom is 0.315 e. The van der Waals surface area contributed by atoms with Crippen LogP contribution in [0.1, 0.15) is 33.1 Å². The van der Waals surface area contributed by atoms with Crippen molar-refractivity contribution in [2.24, 2.45) is 11.3 Å². The summed E-state index contributed by atoms with van der Waals surface area (Å²) < 4.78 is 5.19. The van der Waals surface area contributed by atoms with Crippen LogP contribution in [0.15, 0.2) is 0 Å². The maximum absolute atomic E-state index is 11.9. The van der Waals surface area contributed by atoms with Gasteiger partial charge in [-0.05, 0) is 26.2 Å². The van der Waals surface area contributed by atoms with E-state index in [4.69, 9.17) is 4.74 Å². The highest BCUT2D eigenvalue weighted by atomic mass is 16.5. The van der Waals surface area contributed by atoms with Gasteiger partial charge in [0.05, 0.1) is 19.3 Å². The largest absolute Gasteiger partial charge is 0.481 e. The summed E-state index contributed by atoms with van der Waals surface area (Å²) in [5.74, 6) is -0.198. The lowest BCUT2D eigenvalue weighted by Gasteiger charge is -2.26. The SMILES string of the molecule is CC(CC1CC1)NC(=O)NC1COCC1(C)C(=O)O. The van der Waals surface area contributed by atoms with Gasteiger partial charge in [0.25, 0.3) is 0 Å². The van der Waals surface area contributed by atoms with E-state index in [0.717, 1.165) is 12.3 Å². The van der Waals surface area contributed by atoms with Crippen LogP contribution in [0.5, 0.6) is 0 Å². The third kappa shape index (κ3) is 3.37. The molecule has 2 aliphatic rings. The number of hydrogen-bond donors (Lipinski definition) is 3. The molecule has 0 radical (unpaired) electrons. The Labute approximate surface area is 112 Å². The molecule has 6 heteroatoms. The second kappa shape index (κ2) is 5.36. The highest BCUT2D eigenvalue weighted by Crippen LogP contribution is 2.33. The van der Waals surface area contributed by atoms with Crippen molar-refractivity contribution in [3.8, 4) is 0 Å². The van der Waals surface area contributed by atoms with Crippen LogP contribution in [0.25, 0.3) is 0 Å². The van der Waals surface area contributed by atoms with E-state index in [1.165, 1.54) is 12.8 Å². The Hall–Kier alpha value is -1.30. The lowest BCUT2D eigenvalue weighted by atomic mass is 9.85. The molecule has 0 bridgehead atoms. The molecule has 19 heavy (non-hydrogen) atoms. The van der Waals surface area contributed by atoms with Crippen LogP contribution in [0.4, 0.5) is 4.79 Å². The summed E-state index contributed by atoms with van der Waals surface area (Å²) in [5, 5.41) is 14.8. The summed E-state index contributed by atoms with van der Waals surface area (Å²) in [6.07, 6.45) is 3.49. The second-order valence-corrected chi connectivity index (χ2v) is 5.99. The monoisotopic (exact) mass is 270 g/mol. The molecule has 3 N–H and O–H groups in total. The van der Waals surface area contributed by atoms with Gasteiger partial charge in [0, 0.05) is 6.04 Å². The van der Waals surface area contributed by atoms with Crippen molar-refractivity contribution in [2.75, 3.05) is 13.2 Å². The lowest BCUT2D eigenvalue weighted by molar-refractivity contribution is -0.148. The van der Waals surface area contributed by atoms with Crippen molar-refractivity contribution in [3.05, 3.63) is 0 Å². The Kier molecular flexibility index (Phi) is 3.99. The fourth-order valence-corrected chi connectivity index (χ4v) is 2.42. The minimum Gasteiger partial charge on any atom is -0.481 e. The normalized spacial score (nSPS) is 31.8. The number of aliphatic carboxylic acids is 1. The molecule has 0 spiro atoms. The van der Waals surface area contributed by atoms with E-state index in [0.29, 0.717) is 0 Å². The zero-order valence-corrected chi connectivity index (χ0v) is 11.4. The third-order valence-corrected chi connectivity index (χ3v) is 4.01. The van der Waals surface area contributed by atoms with Crippen LogP contribution in [-0.4, -0.2) is 42.4 Å². The van der Waals surface area contributed by atoms with Crippen molar-refractivity contribution in [1.29, 1.82) is 0 Å². The summed E-state index contributed by atoms with van der Waals surface area (Å²) in [6, 6.07) is -0.680. The minimum absolute atomic E-state index is 0.117. The zero-order valence-electron chi connectivity index (χ0n) is 11.4. The number of nitrogens with one attached hydrogen (secondary N) is 2. The fourth-order valence-electron chi connectivity index (χ4n) is 2.42. The molecule has 3 unspecified atom stereocenters. The van der Waals surface area contributed by atoms with Gasteiger partial charge >= 0.3 is 12.0 Å². The summed E-state index contributed by atoms with van der Waals surface area (Å²) in [5.41, 5.74) is -1.04. The molecule has 0 aromatic carbocycles. The predicted octanol–water partition coefficient (Wildman–Crippen LogP) is 0.964. The molecule has 1 saturated heterocycles. The molecule has 1 aliphatic heterocycles. The number of carboxylic acids is 1. The summed E-state index contributed by atoms with van der Waals surface area (Å²) in [6.45, 7) is 3.94. The van der Waals surface area contributed by atoms with E-state index in [1.54, 1.807) is 6.92 Å². The van der Waals surface area contributed by atoms with Crippen LogP contribution >= 0.6 is 0 Å². The number of ether oxygens (including phenoxy) is 1. The van der Waals surface area contributed by atoms with Crippen LogP contribution in [0, 0.1) is 11.3 Å². The first kappa shape index (κ1) is 14.1. The van der Waals surface area contributed by atoms with E-state index in [2.05, 4.69) is 10.6 Å². The Morgan fingerprint density at radius 2 is 2.16 bits per heavy atom. The van der Waals surface area contributed by atoms with Crippen LogP contribution in [0.2, 0.25) is 0 Å². The maximum atomic E-state index is 11.9. The topological polar surface area (TPSA) is 87.7 Å². The molecule has 1 heterocycles. The summed E-state index contributed by atoms with van der Waals surface area (Å²) >= 11 is 0. The fraction of sp³-hybridized carbons (Fsp3) is 0.846. The molecular weight excluding hydrogens is 248 g/mol. The van der Waals surface area contributed by atoms with Crippen molar-refractivity contribution in [1.82, 2.24) is 10.6 Å². The number of amides is 2. The Bertz CT molecular complexity index is 370. The van der Waals surface area contributed by atoms with E-state index in [1.807, 2.05) is 6.92 Å². The molecule has 3 atom stereocenters. The number of hydrogen-bond acceptors (Lipinski definition) is 3. The summed E-state index contributed by atoms with van der Waals surface area (Å²) in [7, 11) is 0. The molecule has 108 valence electrons. The van der Waals surface area contributed by atoms with Gasteiger partial charge in [-0.2, -0.15) is 0 Å². The molecule has 2 fully saturated rings. The zero-order chi connectivity index (χ0) is 14.0. The molecule has 6 nitrogen and oxygen atoms in total. The molecule has 2 rings (SSSR count). The third-order valence-electron chi connectivity index (χ3n) is 4.01. The number of carbonyl (C=O) groups is 2. The minimum atomic E-state index is -1.04. The summed E-state index contributed by atoms with van der Waals surface area (Å²) in [4.78, 5) is 23.1. The molecule has 2 amide bonds. The van der Waals surface area contributed by atoms with E-state index >= 15 is 0 Å². The van der Waals surface area contributed by atoms with E-state index in [9.17, 15) is 14.7 Å². The van der Waals surface area contributed by atoms with Crippen LogP contribution in [0.3, 0.4) is 0 Å². The van der Waals surface area contributed by atoms with Gasteiger partial charge in [-0.15, -0.1) is 0 Å². The van der Waals surface area contributed by atoms with Crippen molar-refractivity contribution in [3.63, 3.8) is 0 Å². The standard InChI is InChI=1S/C13H22N2O4/c1-8(5-9-3-4-9)14-12(18)15-10-6-19-7-13(10,2)11(16)17/h8-10H,3-7H2,1-2H3,(H,16,17)(H2,14,15,18). The number of carboxylic acid groups (broad SMARTS) is 1. The molecule has 0 aromatic heterocycles. The van der Waals surface area contributed by atoms with Gasteiger partial charge in [0.2, 0.25) is 0 Å². The molecule has 1 aliphatic carbocycles. The van der Waals surface area contributed by atoms with Gasteiger partial charge in [-0.25, -0.2) is 4.79 Å². The molecular formula is C13H22N2O4. The Morgan fingerprint density at radius 1 is 1.47 bits per heavy atom. The number of urea groups is 1. The van der Waals surface area contributed by atoms with Gasteiger partial charge in [-0.1, -0.05) is 12.8 Å². The number of carbonyl (C=O) groups excluding carboxylic acids is 1. The Balaban J connectivity index is 1.82. The van der Waals surface area contributed by atoms with Crippen LogP contribution < -0.4 is 10.6 Å². The van der Waals surface area contributed by atoms with Gasteiger partial charge in [0.15, 0.2) is 0 Å².